The van der Waals surface area contributed by atoms with E-state index in [2.05, 4.69) is 18.4 Å². The molecular weight excluding hydrogens is 186 g/mol. The van der Waals surface area contributed by atoms with E-state index in [-0.39, 0.29) is 6.61 Å². The fraction of sp³-hybridized carbons (Fsp3) is 0.385. The SMILES string of the molecule is C=CCN(CCC)c1ccc(CO)cc1. The van der Waals surface area contributed by atoms with Crippen LogP contribution in [0.25, 0.3) is 0 Å². The summed E-state index contributed by atoms with van der Waals surface area (Å²) in [6.45, 7) is 7.93. The fourth-order valence-electron chi connectivity index (χ4n) is 1.56. The van der Waals surface area contributed by atoms with Crippen LogP contribution in [-0.2, 0) is 6.61 Å². The Bertz CT molecular complexity index is 292. The predicted octanol–water partition coefficient (Wildman–Crippen LogP) is 2.58. The molecule has 1 aromatic rings. The second-order valence-corrected chi connectivity index (χ2v) is 3.56. The van der Waals surface area contributed by atoms with Crippen molar-refractivity contribution in [1.29, 1.82) is 0 Å². The third-order valence-electron chi connectivity index (χ3n) is 2.33. The predicted molar refractivity (Wildman–Crippen MR) is 65.1 cm³/mol. The number of nitrogens with zero attached hydrogens (tertiary/aromatic N) is 1. The van der Waals surface area contributed by atoms with Gasteiger partial charge in [-0.2, -0.15) is 0 Å². The maximum atomic E-state index is 8.94. The average Bonchev–Trinajstić information content (AvgIpc) is 2.29. The number of aliphatic hydroxyl groups is 1. The normalized spacial score (nSPS) is 10.0. The Labute approximate surface area is 91.9 Å². The van der Waals surface area contributed by atoms with Crippen molar-refractivity contribution in [3.05, 3.63) is 42.5 Å². The highest BCUT2D eigenvalue weighted by Gasteiger charge is 2.02. The molecular formula is C13H19NO. The number of rotatable bonds is 6. The first-order valence-electron chi connectivity index (χ1n) is 5.37. The van der Waals surface area contributed by atoms with Crippen molar-refractivity contribution in [2.45, 2.75) is 20.0 Å². The summed E-state index contributed by atoms with van der Waals surface area (Å²) in [5.74, 6) is 0. The minimum Gasteiger partial charge on any atom is -0.392 e. The summed E-state index contributed by atoms with van der Waals surface area (Å²) in [7, 11) is 0. The Morgan fingerprint density at radius 2 is 2.00 bits per heavy atom. The topological polar surface area (TPSA) is 23.5 Å². The molecule has 1 N–H and O–H groups in total. The second kappa shape index (κ2) is 6.25. The van der Waals surface area contributed by atoms with Gasteiger partial charge in [0.05, 0.1) is 6.61 Å². The van der Waals surface area contributed by atoms with Crippen LogP contribution in [0.2, 0.25) is 0 Å². The number of hydrogen-bond donors (Lipinski definition) is 1. The first-order chi connectivity index (χ1) is 7.31. The molecule has 0 atom stereocenters. The monoisotopic (exact) mass is 205 g/mol. The zero-order valence-corrected chi connectivity index (χ0v) is 9.32. The van der Waals surface area contributed by atoms with Crippen LogP contribution in [0.1, 0.15) is 18.9 Å². The van der Waals surface area contributed by atoms with E-state index in [4.69, 9.17) is 5.11 Å². The van der Waals surface area contributed by atoms with Crippen LogP contribution in [0.5, 0.6) is 0 Å². The largest absolute Gasteiger partial charge is 0.392 e. The highest BCUT2D eigenvalue weighted by Crippen LogP contribution is 2.15. The first kappa shape index (κ1) is 11.8. The Kier molecular flexibility index (Phi) is 4.91. The van der Waals surface area contributed by atoms with Gasteiger partial charge < -0.3 is 10.0 Å². The van der Waals surface area contributed by atoms with E-state index < -0.39 is 0 Å². The summed E-state index contributed by atoms with van der Waals surface area (Å²) in [6.07, 6.45) is 3.03. The average molecular weight is 205 g/mol. The molecule has 0 aliphatic heterocycles. The quantitative estimate of drug-likeness (QED) is 0.721. The molecule has 0 bridgehead atoms. The van der Waals surface area contributed by atoms with E-state index >= 15 is 0 Å². The van der Waals surface area contributed by atoms with Crippen LogP contribution >= 0.6 is 0 Å². The smallest absolute Gasteiger partial charge is 0.0681 e. The molecule has 2 heteroatoms. The fourth-order valence-corrected chi connectivity index (χ4v) is 1.56. The lowest BCUT2D eigenvalue weighted by atomic mass is 10.2. The number of aliphatic hydroxyl groups excluding tert-OH is 1. The van der Waals surface area contributed by atoms with Gasteiger partial charge in [-0.05, 0) is 24.1 Å². The Balaban J connectivity index is 2.76. The molecule has 15 heavy (non-hydrogen) atoms. The molecule has 0 radical (unpaired) electrons. The van der Waals surface area contributed by atoms with E-state index in [0.29, 0.717) is 0 Å². The summed E-state index contributed by atoms with van der Waals surface area (Å²) >= 11 is 0. The molecule has 82 valence electrons. The van der Waals surface area contributed by atoms with Crippen LogP contribution in [0.3, 0.4) is 0 Å². The lowest BCUT2D eigenvalue weighted by Gasteiger charge is -2.22. The molecule has 0 aromatic heterocycles. The van der Waals surface area contributed by atoms with Gasteiger partial charge in [0.15, 0.2) is 0 Å². The summed E-state index contributed by atoms with van der Waals surface area (Å²) in [5, 5.41) is 8.94. The summed E-state index contributed by atoms with van der Waals surface area (Å²) in [6, 6.07) is 8.01. The van der Waals surface area contributed by atoms with Gasteiger partial charge in [-0.1, -0.05) is 25.1 Å². The van der Waals surface area contributed by atoms with Crippen molar-refractivity contribution in [2.75, 3.05) is 18.0 Å². The van der Waals surface area contributed by atoms with Gasteiger partial charge in [0.25, 0.3) is 0 Å². The van der Waals surface area contributed by atoms with Crippen LogP contribution in [0.15, 0.2) is 36.9 Å². The lowest BCUT2D eigenvalue weighted by molar-refractivity contribution is 0.282. The number of anilines is 1. The Hall–Kier alpha value is -1.28. The minimum absolute atomic E-state index is 0.107. The standard InChI is InChI=1S/C13H19NO/c1-3-9-14(10-4-2)13-7-5-12(11-15)6-8-13/h3,5-8,15H,1,4,9-11H2,2H3. The van der Waals surface area contributed by atoms with Crippen LogP contribution in [0, 0.1) is 0 Å². The van der Waals surface area contributed by atoms with Crippen molar-refractivity contribution in [3.8, 4) is 0 Å². The molecule has 0 aliphatic rings. The zero-order valence-electron chi connectivity index (χ0n) is 9.32. The molecule has 0 amide bonds. The maximum Gasteiger partial charge on any atom is 0.0681 e. The molecule has 0 aliphatic carbocycles. The molecule has 0 fully saturated rings. The van der Waals surface area contributed by atoms with Crippen molar-refractivity contribution >= 4 is 5.69 Å². The number of hydrogen-bond acceptors (Lipinski definition) is 2. The Morgan fingerprint density at radius 1 is 1.33 bits per heavy atom. The molecule has 0 spiro atoms. The van der Waals surface area contributed by atoms with Crippen LogP contribution in [0.4, 0.5) is 5.69 Å². The molecule has 0 saturated carbocycles. The number of benzene rings is 1. The van der Waals surface area contributed by atoms with E-state index in [9.17, 15) is 0 Å². The summed E-state index contributed by atoms with van der Waals surface area (Å²) in [4.78, 5) is 2.27. The maximum absolute atomic E-state index is 8.94. The van der Waals surface area contributed by atoms with E-state index in [1.165, 1.54) is 5.69 Å². The molecule has 1 aromatic carbocycles. The van der Waals surface area contributed by atoms with Gasteiger partial charge in [0.2, 0.25) is 0 Å². The van der Waals surface area contributed by atoms with Crippen molar-refractivity contribution < 1.29 is 5.11 Å². The van der Waals surface area contributed by atoms with Gasteiger partial charge in [-0.3, -0.25) is 0 Å². The second-order valence-electron chi connectivity index (χ2n) is 3.56. The van der Waals surface area contributed by atoms with Gasteiger partial charge >= 0.3 is 0 Å². The molecule has 2 nitrogen and oxygen atoms in total. The van der Waals surface area contributed by atoms with Crippen molar-refractivity contribution in [2.24, 2.45) is 0 Å². The summed E-state index contributed by atoms with van der Waals surface area (Å²) in [5.41, 5.74) is 2.14. The van der Waals surface area contributed by atoms with Gasteiger partial charge in [0, 0.05) is 18.8 Å². The van der Waals surface area contributed by atoms with Crippen LogP contribution in [-0.4, -0.2) is 18.2 Å². The third kappa shape index (κ3) is 3.40. The Morgan fingerprint density at radius 3 is 2.47 bits per heavy atom. The molecule has 1 rings (SSSR count). The van der Waals surface area contributed by atoms with E-state index in [1.807, 2.05) is 30.3 Å². The molecule has 0 saturated heterocycles. The van der Waals surface area contributed by atoms with Gasteiger partial charge in [0.1, 0.15) is 0 Å². The van der Waals surface area contributed by atoms with Crippen LogP contribution < -0.4 is 4.90 Å². The first-order valence-corrected chi connectivity index (χ1v) is 5.37. The molecule has 0 heterocycles. The van der Waals surface area contributed by atoms with Gasteiger partial charge in [-0.25, -0.2) is 0 Å². The third-order valence-corrected chi connectivity index (χ3v) is 2.33. The van der Waals surface area contributed by atoms with E-state index in [0.717, 1.165) is 25.1 Å². The van der Waals surface area contributed by atoms with Gasteiger partial charge in [-0.15, -0.1) is 6.58 Å². The van der Waals surface area contributed by atoms with Crippen molar-refractivity contribution in [3.63, 3.8) is 0 Å². The summed E-state index contributed by atoms with van der Waals surface area (Å²) < 4.78 is 0. The lowest BCUT2D eigenvalue weighted by Crippen LogP contribution is -2.23. The highest BCUT2D eigenvalue weighted by molar-refractivity contribution is 5.48. The van der Waals surface area contributed by atoms with Crippen molar-refractivity contribution in [1.82, 2.24) is 0 Å². The van der Waals surface area contributed by atoms with E-state index in [1.54, 1.807) is 0 Å². The highest BCUT2D eigenvalue weighted by atomic mass is 16.3. The minimum atomic E-state index is 0.107. The zero-order chi connectivity index (χ0) is 11.1. The molecule has 0 unspecified atom stereocenters.